The number of hydrogen-bond donors (Lipinski definition) is 1. The first kappa shape index (κ1) is 13.7. The molecule has 0 aliphatic rings. The summed E-state index contributed by atoms with van der Waals surface area (Å²) in [6, 6.07) is 2.08. The molecule has 1 unspecified atom stereocenters. The van der Waals surface area contributed by atoms with Crippen LogP contribution < -0.4 is 5.32 Å². The molecule has 3 nitrogen and oxygen atoms in total. The van der Waals surface area contributed by atoms with Crippen LogP contribution in [0.2, 0.25) is 5.02 Å². The summed E-state index contributed by atoms with van der Waals surface area (Å²) >= 11 is 9.40. The maximum atomic E-state index is 6.08. The lowest BCUT2D eigenvalue weighted by atomic mass is 10.2. The molecule has 0 saturated heterocycles. The zero-order valence-corrected chi connectivity index (χ0v) is 11.8. The Labute approximate surface area is 110 Å². The minimum atomic E-state index is 0.251. The zero-order valence-electron chi connectivity index (χ0n) is 9.46. The Hall–Kier alpha value is -0.320. The highest BCUT2D eigenvalue weighted by Gasteiger charge is 2.10. The summed E-state index contributed by atoms with van der Waals surface area (Å²) in [7, 11) is 1.70. The number of rotatable bonds is 6. The van der Waals surface area contributed by atoms with Crippen molar-refractivity contribution >= 4 is 33.3 Å². The molecule has 1 N–H and O–H groups in total. The van der Waals surface area contributed by atoms with Crippen LogP contribution in [0, 0.1) is 0 Å². The quantitative estimate of drug-likeness (QED) is 0.869. The predicted octanol–water partition coefficient (Wildman–Crippen LogP) is 3.72. The number of nitrogens with zero attached hydrogens (tertiary/aromatic N) is 1. The summed E-state index contributed by atoms with van der Waals surface area (Å²) in [4.78, 5) is 4.24. The number of methoxy groups -OCH3 is 1. The summed E-state index contributed by atoms with van der Waals surface area (Å²) in [5, 5.41) is 3.90. The summed E-state index contributed by atoms with van der Waals surface area (Å²) < 4.78 is 6.03. The molecule has 0 aliphatic carbocycles. The van der Waals surface area contributed by atoms with Gasteiger partial charge in [-0.05, 0) is 28.4 Å². The Bertz CT molecular complexity index is 330. The summed E-state index contributed by atoms with van der Waals surface area (Å²) in [5.41, 5.74) is 0. The van der Waals surface area contributed by atoms with Gasteiger partial charge in [-0.25, -0.2) is 4.98 Å². The molecule has 0 fully saturated rings. The van der Waals surface area contributed by atoms with Gasteiger partial charge in [0.2, 0.25) is 0 Å². The van der Waals surface area contributed by atoms with Crippen LogP contribution in [0.3, 0.4) is 0 Å². The fourth-order valence-corrected chi connectivity index (χ4v) is 2.14. The van der Waals surface area contributed by atoms with Crippen LogP contribution in [0.15, 0.2) is 16.7 Å². The van der Waals surface area contributed by atoms with Gasteiger partial charge in [0.1, 0.15) is 5.82 Å². The molecule has 0 saturated carbocycles. The minimum Gasteiger partial charge on any atom is -0.383 e. The highest BCUT2D eigenvalue weighted by molar-refractivity contribution is 9.10. The number of ether oxygens (including phenoxy) is 1. The first-order valence-electron chi connectivity index (χ1n) is 5.23. The van der Waals surface area contributed by atoms with Crippen molar-refractivity contribution in [2.45, 2.75) is 25.8 Å². The molecule has 90 valence electrons. The largest absolute Gasteiger partial charge is 0.383 e. The highest BCUT2D eigenvalue weighted by Crippen LogP contribution is 2.23. The van der Waals surface area contributed by atoms with Crippen molar-refractivity contribution in [1.29, 1.82) is 0 Å². The molecule has 1 aromatic rings. The summed E-state index contributed by atoms with van der Waals surface area (Å²) in [6.07, 6.45) is 3.85. The van der Waals surface area contributed by atoms with Gasteiger partial charge in [-0.2, -0.15) is 0 Å². The average Bonchev–Trinajstić information content (AvgIpc) is 2.23. The lowest BCUT2D eigenvalue weighted by Gasteiger charge is -2.18. The van der Waals surface area contributed by atoms with E-state index in [1.165, 1.54) is 0 Å². The molecule has 1 rings (SSSR count). The van der Waals surface area contributed by atoms with E-state index in [0.29, 0.717) is 17.4 Å². The van der Waals surface area contributed by atoms with Gasteiger partial charge in [0.05, 0.1) is 17.7 Å². The molecule has 0 radical (unpaired) electrons. The Balaban J connectivity index is 2.68. The third kappa shape index (κ3) is 4.28. The Kier molecular flexibility index (Phi) is 6.09. The van der Waals surface area contributed by atoms with Crippen molar-refractivity contribution in [3.63, 3.8) is 0 Å². The van der Waals surface area contributed by atoms with Gasteiger partial charge in [0.15, 0.2) is 0 Å². The Morgan fingerprint density at radius 1 is 1.62 bits per heavy atom. The Morgan fingerprint density at radius 2 is 2.38 bits per heavy atom. The van der Waals surface area contributed by atoms with E-state index in [-0.39, 0.29) is 6.04 Å². The highest BCUT2D eigenvalue weighted by atomic mass is 79.9. The molecular formula is C11H16BrClN2O. The molecule has 0 aliphatic heterocycles. The van der Waals surface area contributed by atoms with Crippen LogP contribution in [-0.4, -0.2) is 24.7 Å². The van der Waals surface area contributed by atoms with Crippen LogP contribution in [0.1, 0.15) is 19.8 Å². The van der Waals surface area contributed by atoms with E-state index in [1.54, 1.807) is 13.3 Å². The van der Waals surface area contributed by atoms with E-state index in [2.05, 4.69) is 33.2 Å². The second-order valence-corrected chi connectivity index (χ2v) is 4.89. The molecule has 0 amide bonds. The zero-order chi connectivity index (χ0) is 12.0. The van der Waals surface area contributed by atoms with Gasteiger partial charge in [0, 0.05) is 17.8 Å². The van der Waals surface area contributed by atoms with E-state index in [1.807, 2.05) is 6.07 Å². The topological polar surface area (TPSA) is 34.1 Å². The van der Waals surface area contributed by atoms with Crippen LogP contribution in [0.4, 0.5) is 5.82 Å². The SMILES string of the molecule is CCCC(COC)Nc1ncc(Br)cc1Cl. The van der Waals surface area contributed by atoms with Crippen LogP contribution >= 0.6 is 27.5 Å². The van der Waals surface area contributed by atoms with Crippen molar-refractivity contribution in [3.05, 3.63) is 21.8 Å². The maximum Gasteiger partial charge on any atom is 0.145 e. The third-order valence-electron chi connectivity index (χ3n) is 2.15. The van der Waals surface area contributed by atoms with Gasteiger partial charge >= 0.3 is 0 Å². The maximum absolute atomic E-state index is 6.08. The van der Waals surface area contributed by atoms with Gasteiger partial charge in [0.25, 0.3) is 0 Å². The van der Waals surface area contributed by atoms with Gasteiger partial charge < -0.3 is 10.1 Å². The number of nitrogens with one attached hydrogen (secondary N) is 1. The lowest BCUT2D eigenvalue weighted by Crippen LogP contribution is -2.25. The standard InChI is InChI=1S/C11H16BrClN2O/c1-3-4-9(7-16-2)15-11-10(13)5-8(12)6-14-11/h5-6,9H,3-4,7H2,1-2H3,(H,14,15). The van der Waals surface area contributed by atoms with Gasteiger partial charge in [-0.1, -0.05) is 24.9 Å². The number of halogens is 2. The van der Waals surface area contributed by atoms with Gasteiger partial charge in [-0.15, -0.1) is 0 Å². The molecule has 16 heavy (non-hydrogen) atoms. The predicted molar refractivity (Wildman–Crippen MR) is 71.1 cm³/mol. The molecule has 0 bridgehead atoms. The van der Waals surface area contributed by atoms with Crippen LogP contribution in [0.25, 0.3) is 0 Å². The lowest BCUT2D eigenvalue weighted by molar-refractivity contribution is 0.182. The second kappa shape index (κ2) is 7.09. The van der Waals surface area contributed by atoms with E-state index in [4.69, 9.17) is 16.3 Å². The summed E-state index contributed by atoms with van der Waals surface area (Å²) in [6.45, 7) is 2.79. The number of aromatic nitrogens is 1. The fourth-order valence-electron chi connectivity index (χ4n) is 1.46. The van der Waals surface area contributed by atoms with Crippen molar-refractivity contribution < 1.29 is 4.74 Å². The third-order valence-corrected chi connectivity index (χ3v) is 2.88. The molecule has 1 heterocycles. The van der Waals surface area contributed by atoms with E-state index in [0.717, 1.165) is 17.3 Å². The molecule has 0 spiro atoms. The van der Waals surface area contributed by atoms with Crippen molar-refractivity contribution in [2.24, 2.45) is 0 Å². The molecule has 1 atom stereocenters. The number of pyridine rings is 1. The normalized spacial score (nSPS) is 12.5. The second-order valence-electron chi connectivity index (χ2n) is 3.57. The van der Waals surface area contributed by atoms with Gasteiger partial charge in [-0.3, -0.25) is 0 Å². The van der Waals surface area contributed by atoms with Crippen LogP contribution in [-0.2, 0) is 4.74 Å². The van der Waals surface area contributed by atoms with Crippen LogP contribution in [0.5, 0.6) is 0 Å². The first-order valence-corrected chi connectivity index (χ1v) is 6.41. The molecule has 5 heteroatoms. The molecule has 1 aromatic heterocycles. The Morgan fingerprint density at radius 3 is 2.94 bits per heavy atom. The average molecular weight is 308 g/mol. The first-order chi connectivity index (χ1) is 7.67. The summed E-state index contributed by atoms with van der Waals surface area (Å²) in [5.74, 6) is 0.709. The minimum absolute atomic E-state index is 0.251. The van der Waals surface area contributed by atoms with E-state index < -0.39 is 0 Å². The van der Waals surface area contributed by atoms with Crippen molar-refractivity contribution in [3.8, 4) is 0 Å². The molecule has 0 aromatic carbocycles. The number of hydrogen-bond acceptors (Lipinski definition) is 3. The smallest absolute Gasteiger partial charge is 0.145 e. The van der Waals surface area contributed by atoms with Crippen molar-refractivity contribution in [1.82, 2.24) is 4.98 Å². The van der Waals surface area contributed by atoms with E-state index in [9.17, 15) is 0 Å². The van der Waals surface area contributed by atoms with E-state index >= 15 is 0 Å². The fraction of sp³-hybridized carbons (Fsp3) is 0.545. The number of anilines is 1. The van der Waals surface area contributed by atoms with Crippen molar-refractivity contribution in [2.75, 3.05) is 19.0 Å². The monoisotopic (exact) mass is 306 g/mol. The molecular weight excluding hydrogens is 291 g/mol.